The van der Waals surface area contributed by atoms with Gasteiger partial charge in [0.15, 0.2) is 0 Å². The first-order valence-corrected chi connectivity index (χ1v) is 5.12. The molecule has 2 rings (SSSR count). The lowest BCUT2D eigenvalue weighted by Crippen LogP contribution is -2.29. The highest BCUT2D eigenvalue weighted by atomic mass is 16.4. The van der Waals surface area contributed by atoms with Crippen molar-refractivity contribution in [3.8, 4) is 0 Å². The van der Waals surface area contributed by atoms with Crippen LogP contribution in [0.25, 0.3) is 0 Å². The lowest BCUT2D eigenvalue weighted by atomic mass is 9.99. The Morgan fingerprint density at radius 2 is 2.47 bits per heavy atom. The summed E-state index contributed by atoms with van der Waals surface area (Å²) in [7, 11) is 0. The zero-order valence-electron chi connectivity index (χ0n) is 8.39. The Kier molecular flexibility index (Phi) is 2.97. The molecule has 1 fully saturated rings. The van der Waals surface area contributed by atoms with Gasteiger partial charge in [-0.2, -0.15) is 0 Å². The first-order valence-electron chi connectivity index (χ1n) is 5.12. The number of hydrogen-bond donors (Lipinski definition) is 2. The van der Waals surface area contributed by atoms with Crippen LogP contribution in [0, 0.1) is 5.92 Å². The van der Waals surface area contributed by atoms with Gasteiger partial charge in [0.1, 0.15) is 6.04 Å². The average molecular weight is 206 g/mol. The molecule has 0 saturated carbocycles. The predicted molar refractivity (Wildman–Crippen MR) is 55.5 cm³/mol. The van der Waals surface area contributed by atoms with Crippen molar-refractivity contribution in [3.63, 3.8) is 0 Å². The largest absolute Gasteiger partial charge is 0.480 e. The second kappa shape index (κ2) is 4.40. The average Bonchev–Trinajstić information content (AvgIpc) is 2.68. The molecule has 0 spiro atoms. The zero-order chi connectivity index (χ0) is 10.7. The zero-order valence-corrected chi connectivity index (χ0v) is 8.39. The second-order valence-electron chi connectivity index (χ2n) is 3.93. The van der Waals surface area contributed by atoms with Crippen molar-refractivity contribution in [2.24, 2.45) is 5.92 Å². The Balaban J connectivity index is 1.90. The molecule has 1 aliphatic heterocycles. The van der Waals surface area contributed by atoms with Crippen LogP contribution in [0.5, 0.6) is 0 Å². The van der Waals surface area contributed by atoms with Gasteiger partial charge in [-0.25, -0.2) is 0 Å². The third-order valence-electron chi connectivity index (χ3n) is 2.74. The molecule has 4 nitrogen and oxygen atoms in total. The summed E-state index contributed by atoms with van der Waals surface area (Å²) in [5.41, 5.74) is 1.04. The Bertz CT molecular complexity index is 340. The van der Waals surface area contributed by atoms with Crippen molar-refractivity contribution in [3.05, 3.63) is 30.1 Å². The summed E-state index contributed by atoms with van der Waals surface area (Å²) in [5, 5.41) is 11.8. The van der Waals surface area contributed by atoms with Crippen LogP contribution in [0.4, 0.5) is 0 Å². The number of carboxylic acid groups (broad SMARTS) is 1. The molecule has 0 radical (unpaired) electrons. The Labute approximate surface area is 88.3 Å². The standard InChI is InChI=1S/C11H14N2O2/c14-11(15)10-6-8(7-13-10)5-9-3-1-2-4-12-9/h1-4,8,10,13H,5-7H2,(H,14,15). The molecule has 2 heterocycles. The van der Waals surface area contributed by atoms with Gasteiger partial charge >= 0.3 is 5.97 Å². The SMILES string of the molecule is O=C(O)C1CC(Cc2ccccn2)CN1. The molecule has 80 valence electrons. The van der Waals surface area contributed by atoms with Crippen LogP contribution in [-0.4, -0.2) is 28.6 Å². The van der Waals surface area contributed by atoms with E-state index in [0.29, 0.717) is 12.3 Å². The molecule has 2 N–H and O–H groups in total. The molecule has 0 aliphatic carbocycles. The number of pyridine rings is 1. The van der Waals surface area contributed by atoms with Crippen LogP contribution in [0.2, 0.25) is 0 Å². The number of nitrogens with zero attached hydrogens (tertiary/aromatic N) is 1. The van der Waals surface area contributed by atoms with Gasteiger partial charge in [-0.05, 0) is 37.4 Å². The van der Waals surface area contributed by atoms with Gasteiger partial charge in [0, 0.05) is 11.9 Å². The number of aliphatic carboxylic acids is 1. The number of rotatable bonds is 3. The van der Waals surface area contributed by atoms with Crippen molar-refractivity contribution in [2.45, 2.75) is 18.9 Å². The normalized spacial score (nSPS) is 25.3. The van der Waals surface area contributed by atoms with Crippen LogP contribution in [0.15, 0.2) is 24.4 Å². The van der Waals surface area contributed by atoms with E-state index in [1.807, 2.05) is 18.2 Å². The molecule has 1 aliphatic rings. The topological polar surface area (TPSA) is 62.2 Å². The molecule has 0 aromatic carbocycles. The van der Waals surface area contributed by atoms with Gasteiger partial charge in [0.2, 0.25) is 0 Å². The lowest BCUT2D eigenvalue weighted by Gasteiger charge is -2.06. The van der Waals surface area contributed by atoms with Gasteiger partial charge in [0.25, 0.3) is 0 Å². The Hall–Kier alpha value is -1.42. The van der Waals surface area contributed by atoms with E-state index in [-0.39, 0.29) is 6.04 Å². The summed E-state index contributed by atoms with van der Waals surface area (Å²) < 4.78 is 0. The summed E-state index contributed by atoms with van der Waals surface area (Å²) in [6.45, 7) is 0.771. The van der Waals surface area contributed by atoms with E-state index in [1.54, 1.807) is 6.20 Å². The molecule has 15 heavy (non-hydrogen) atoms. The maximum atomic E-state index is 10.7. The first kappa shape index (κ1) is 10.1. The molecule has 4 heteroatoms. The van der Waals surface area contributed by atoms with Crippen LogP contribution >= 0.6 is 0 Å². The maximum Gasteiger partial charge on any atom is 0.320 e. The second-order valence-corrected chi connectivity index (χ2v) is 3.93. The molecule has 0 amide bonds. The summed E-state index contributed by atoms with van der Waals surface area (Å²) in [6, 6.07) is 5.45. The van der Waals surface area contributed by atoms with Gasteiger partial charge < -0.3 is 10.4 Å². The minimum absolute atomic E-state index is 0.376. The van der Waals surface area contributed by atoms with Crippen LogP contribution in [0.3, 0.4) is 0 Å². The van der Waals surface area contributed by atoms with E-state index in [9.17, 15) is 4.79 Å². The molecule has 2 atom stereocenters. The maximum absolute atomic E-state index is 10.7. The lowest BCUT2D eigenvalue weighted by molar-refractivity contribution is -0.139. The van der Waals surface area contributed by atoms with Gasteiger partial charge in [-0.3, -0.25) is 9.78 Å². The number of carboxylic acids is 1. The van der Waals surface area contributed by atoms with Crippen molar-refractivity contribution >= 4 is 5.97 Å². The minimum atomic E-state index is -0.751. The molecular weight excluding hydrogens is 192 g/mol. The minimum Gasteiger partial charge on any atom is -0.480 e. The van der Waals surface area contributed by atoms with Crippen LogP contribution in [-0.2, 0) is 11.2 Å². The van der Waals surface area contributed by atoms with Gasteiger partial charge in [-0.15, -0.1) is 0 Å². The summed E-state index contributed by atoms with van der Waals surface area (Å²) >= 11 is 0. The van der Waals surface area contributed by atoms with Crippen molar-refractivity contribution < 1.29 is 9.90 Å². The van der Waals surface area contributed by atoms with E-state index in [4.69, 9.17) is 5.11 Å². The van der Waals surface area contributed by atoms with Gasteiger partial charge in [0.05, 0.1) is 0 Å². The Morgan fingerprint density at radius 3 is 3.07 bits per heavy atom. The number of hydrogen-bond acceptors (Lipinski definition) is 3. The van der Waals surface area contributed by atoms with Crippen LogP contribution in [0.1, 0.15) is 12.1 Å². The molecule has 1 aromatic rings. The Morgan fingerprint density at radius 1 is 1.60 bits per heavy atom. The summed E-state index contributed by atoms with van der Waals surface area (Å²) in [5.74, 6) is -0.362. The monoisotopic (exact) mass is 206 g/mol. The smallest absolute Gasteiger partial charge is 0.320 e. The van der Waals surface area contributed by atoms with Crippen molar-refractivity contribution in [1.29, 1.82) is 0 Å². The fraction of sp³-hybridized carbons (Fsp3) is 0.455. The van der Waals surface area contributed by atoms with E-state index in [0.717, 1.165) is 18.7 Å². The summed E-state index contributed by atoms with van der Waals surface area (Å²) in [6.07, 6.45) is 3.33. The first-order chi connectivity index (χ1) is 7.25. The van der Waals surface area contributed by atoms with E-state index in [1.165, 1.54) is 0 Å². The molecular formula is C11H14N2O2. The van der Waals surface area contributed by atoms with Gasteiger partial charge in [-0.1, -0.05) is 6.07 Å². The molecule has 0 bridgehead atoms. The highest BCUT2D eigenvalue weighted by Crippen LogP contribution is 2.18. The number of carbonyl (C=O) groups is 1. The third-order valence-corrected chi connectivity index (χ3v) is 2.74. The van der Waals surface area contributed by atoms with Crippen molar-refractivity contribution in [2.75, 3.05) is 6.54 Å². The summed E-state index contributed by atoms with van der Waals surface area (Å²) in [4.78, 5) is 15.0. The van der Waals surface area contributed by atoms with E-state index >= 15 is 0 Å². The quantitative estimate of drug-likeness (QED) is 0.763. The molecule has 1 saturated heterocycles. The third kappa shape index (κ3) is 2.53. The number of aromatic nitrogens is 1. The fourth-order valence-corrected chi connectivity index (χ4v) is 1.97. The molecule has 1 aromatic heterocycles. The van der Waals surface area contributed by atoms with E-state index < -0.39 is 5.97 Å². The van der Waals surface area contributed by atoms with Crippen LogP contribution < -0.4 is 5.32 Å². The molecule has 2 unspecified atom stereocenters. The van der Waals surface area contributed by atoms with Crippen molar-refractivity contribution in [1.82, 2.24) is 10.3 Å². The predicted octanol–water partition coefficient (Wildman–Crippen LogP) is 0.687. The fourth-order valence-electron chi connectivity index (χ4n) is 1.97. The highest BCUT2D eigenvalue weighted by Gasteiger charge is 2.29. The number of nitrogens with one attached hydrogen (secondary N) is 1. The van der Waals surface area contributed by atoms with E-state index in [2.05, 4.69) is 10.3 Å². The highest BCUT2D eigenvalue weighted by molar-refractivity contribution is 5.73.